The maximum Gasteiger partial charge on any atom is 0.326 e. The Labute approximate surface area is 142 Å². The third-order valence-electron chi connectivity index (χ3n) is 3.58. The van der Waals surface area contributed by atoms with Gasteiger partial charge in [0, 0.05) is 12.1 Å². The summed E-state index contributed by atoms with van der Waals surface area (Å²) in [5.41, 5.74) is 0.571. The molecule has 2 N–H and O–H groups in total. The molecular weight excluding hydrogens is 330 g/mol. The van der Waals surface area contributed by atoms with Gasteiger partial charge >= 0.3 is 5.97 Å². The van der Waals surface area contributed by atoms with E-state index < -0.39 is 22.8 Å². The molecule has 132 valence electrons. The van der Waals surface area contributed by atoms with Gasteiger partial charge in [-0.2, -0.15) is 0 Å². The lowest BCUT2D eigenvalue weighted by atomic mass is 10.1. The number of nitrogens with one attached hydrogen (secondary N) is 1. The number of aromatic nitrogens is 3. The van der Waals surface area contributed by atoms with Crippen LogP contribution in [0.2, 0.25) is 0 Å². The average molecular weight is 347 g/mol. The Balaban J connectivity index is 2.29. The lowest BCUT2D eigenvalue weighted by molar-refractivity contribution is -0.384. The van der Waals surface area contributed by atoms with E-state index >= 15 is 0 Å². The summed E-state index contributed by atoms with van der Waals surface area (Å²) in [6.07, 6.45) is 0.885. The van der Waals surface area contributed by atoms with E-state index in [2.05, 4.69) is 15.6 Å². The van der Waals surface area contributed by atoms with Crippen LogP contribution in [-0.4, -0.2) is 42.9 Å². The number of nitrogens with zero attached hydrogens (tertiary/aromatic N) is 4. The van der Waals surface area contributed by atoms with Crippen molar-refractivity contribution in [3.05, 3.63) is 45.8 Å². The largest absolute Gasteiger partial charge is 0.480 e. The lowest BCUT2D eigenvalue weighted by Crippen LogP contribution is -2.41. The average Bonchev–Trinajstić information content (AvgIpc) is 2.96. The van der Waals surface area contributed by atoms with E-state index in [-0.39, 0.29) is 11.4 Å². The van der Waals surface area contributed by atoms with Crippen molar-refractivity contribution in [3.8, 4) is 5.69 Å². The molecule has 25 heavy (non-hydrogen) atoms. The first-order chi connectivity index (χ1) is 11.8. The van der Waals surface area contributed by atoms with E-state index in [1.807, 2.05) is 6.92 Å². The fourth-order valence-electron chi connectivity index (χ4n) is 2.30. The monoisotopic (exact) mass is 347 g/mol. The van der Waals surface area contributed by atoms with Crippen LogP contribution in [0.15, 0.2) is 24.3 Å². The van der Waals surface area contributed by atoms with Crippen LogP contribution in [0, 0.1) is 17.0 Å². The second kappa shape index (κ2) is 7.51. The van der Waals surface area contributed by atoms with Gasteiger partial charge in [-0.25, -0.2) is 9.48 Å². The SMILES string of the molecule is CCCC(NC(=O)c1nnn(-c2cccc([N+](=O)[O-])c2)c1C)C(=O)O. The van der Waals surface area contributed by atoms with Crippen molar-refractivity contribution < 1.29 is 19.6 Å². The molecule has 0 saturated heterocycles. The van der Waals surface area contributed by atoms with Gasteiger partial charge in [0.25, 0.3) is 11.6 Å². The Hall–Kier alpha value is -3.30. The van der Waals surface area contributed by atoms with Gasteiger partial charge in [0.05, 0.1) is 16.3 Å². The normalized spacial score (nSPS) is 11.8. The molecule has 1 aromatic heterocycles. The highest BCUT2D eigenvalue weighted by molar-refractivity contribution is 5.95. The molecule has 0 fully saturated rings. The van der Waals surface area contributed by atoms with Gasteiger partial charge < -0.3 is 10.4 Å². The maximum absolute atomic E-state index is 12.3. The summed E-state index contributed by atoms with van der Waals surface area (Å²) in [6, 6.07) is 4.72. The fraction of sp³-hybridized carbons (Fsp3) is 0.333. The van der Waals surface area contributed by atoms with E-state index in [1.54, 1.807) is 13.0 Å². The summed E-state index contributed by atoms with van der Waals surface area (Å²) < 4.78 is 1.29. The van der Waals surface area contributed by atoms with E-state index in [9.17, 15) is 19.7 Å². The number of hydrogen-bond donors (Lipinski definition) is 2. The molecule has 1 amide bonds. The fourth-order valence-corrected chi connectivity index (χ4v) is 2.30. The predicted molar refractivity (Wildman–Crippen MR) is 86.5 cm³/mol. The molecule has 0 radical (unpaired) electrons. The molecule has 0 aliphatic carbocycles. The lowest BCUT2D eigenvalue weighted by Gasteiger charge is -2.12. The van der Waals surface area contributed by atoms with Crippen LogP contribution >= 0.6 is 0 Å². The van der Waals surface area contributed by atoms with Crippen LogP contribution in [0.4, 0.5) is 5.69 Å². The molecular formula is C15H17N5O5. The van der Waals surface area contributed by atoms with Gasteiger partial charge in [0.2, 0.25) is 0 Å². The minimum atomic E-state index is -1.13. The summed E-state index contributed by atoms with van der Waals surface area (Å²) in [4.78, 5) is 33.8. The minimum absolute atomic E-state index is 0.0335. The number of aliphatic carboxylic acids is 1. The van der Waals surface area contributed by atoms with Crippen molar-refractivity contribution >= 4 is 17.6 Å². The molecule has 1 atom stereocenters. The molecule has 2 aromatic rings. The second-order valence-corrected chi connectivity index (χ2v) is 5.37. The summed E-state index contributed by atoms with van der Waals surface area (Å²) in [5, 5.41) is 30.0. The summed E-state index contributed by atoms with van der Waals surface area (Å²) in [6.45, 7) is 3.38. The quantitative estimate of drug-likeness (QED) is 0.570. The van der Waals surface area contributed by atoms with Gasteiger partial charge in [0.15, 0.2) is 5.69 Å². The molecule has 2 rings (SSSR count). The highest BCUT2D eigenvalue weighted by Gasteiger charge is 2.24. The van der Waals surface area contributed by atoms with Crippen molar-refractivity contribution in [2.45, 2.75) is 32.7 Å². The van der Waals surface area contributed by atoms with Crippen LogP contribution < -0.4 is 5.32 Å². The number of rotatable bonds is 7. The van der Waals surface area contributed by atoms with Crippen molar-refractivity contribution in [1.82, 2.24) is 20.3 Å². The van der Waals surface area contributed by atoms with Gasteiger partial charge in [0.1, 0.15) is 6.04 Å². The Morgan fingerprint density at radius 2 is 2.16 bits per heavy atom. The van der Waals surface area contributed by atoms with Crippen LogP contribution in [0.1, 0.15) is 35.9 Å². The zero-order valence-electron chi connectivity index (χ0n) is 13.7. The molecule has 10 heteroatoms. The van der Waals surface area contributed by atoms with Crippen LogP contribution in [0.25, 0.3) is 5.69 Å². The molecule has 1 aromatic carbocycles. The van der Waals surface area contributed by atoms with Crippen molar-refractivity contribution in [2.75, 3.05) is 0 Å². The Morgan fingerprint density at radius 1 is 1.44 bits per heavy atom. The molecule has 1 unspecified atom stereocenters. The van der Waals surface area contributed by atoms with E-state index in [1.165, 1.54) is 22.9 Å². The number of non-ortho nitro benzene ring substituents is 1. The first kappa shape index (κ1) is 18.0. The molecule has 0 aliphatic heterocycles. The smallest absolute Gasteiger partial charge is 0.326 e. The van der Waals surface area contributed by atoms with Gasteiger partial charge in [-0.3, -0.25) is 14.9 Å². The number of carbonyl (C=O) groups excluding carboxylic acids is 1. The number of nitro benzene ring substituents is 1. The molecule has 1 heterocycles. The van der Waals surface area contributed by atoms with Crippen LogP contribution in [0.3, 0.4) is 0 Å². The summed E-state index contributed by atoms with van der Waals surface area (Å²) >= 11 is 0. The summed E-state index contributed by atoms with van der Waals surface area (Å²) in [5.74, 6) is -1.78. The first-order valence-electron chi connectivity index (χ1n) is 7.56. The Bertz CT molecular complexity index is 816. The first-order valence-corrected chi connectivity index (χ1v) is 7.56. The van der Waals surface area contributed by atoms with Crippen LogP contribution in [0.5, 0.6) is 0 Å². The number of carboxylic acid groups (broad SMARTS) is 1. The second-order valence-electron chi connectivity index (χ2n) is 5.37. The number of benzene rings is 1. The topological polar surface area (TPSA) is 140 Å². The Morgan fingerprint density at radius 3 is 2.76 bits per heavy atom. The van der Waals surface area contributed by atoms with E-state index in [0.29, 0.717) is 24.2 Å². The highest BCUT2D eigenvalue weighted by atomic mass is 16.6. The maximum atomic E-state index is 12.3. The van der Waals surface area contributed by atoms with E-state index in [4.69, 9.17) is 5.11 Å². The zero-order valence-corrected chi connectivity index (χ0v) is 13.7. The molecule has 0 bridgehead atoms. The van der Waals surface area contributed by atoms with E-state index in [0.717, 1.165) is 0 Å². The molecule has 10 nitrogen and oxygen atoms in total. The molecule has 0 aliphatic rings. The third kappa shape index (κ3) is 3.97. The van der Waals surface area contributed by atoms with Gasteiger partial charge in [-0.15, -0.1) is 5.10 Å². The minimum Gasteiger partial charge on any atom is -0.480 e. The van der Waals surface area contributed by atoms with Crippen molar-refractivity contribution in [1.29, 1.82) is 0 Å². The molecule has 0 saturated carbocycles. The highest BCUT2D eigenvalue weighted by Crippen LogP contribution is 2.18. The predicted octanol–water partition coefficient (Wildman–Crippen LogP) is 1.47. The van der Waals surface area contributed by atoms with Crippen LogP contribution in [-0.2, 0) is 4.79 Å². The number of hydrogen-bond acceptors (Lipinski definition) is 6. The number of carboxylic acids is 1. The van der Waals surface area contributed by atoms with Crippen molar-refractivity contribution in [3.63, 3.8) is 0 Å². The standard InChI is InChI=1S/C15H17N5O5/c1-3-5-12(15(22)23)16-14(21)13-9(2)19(18-17-13)10-6-4-7-11(8-10)20(24)25/h4,6-8,12H,3,5H2,1-2H3,(H,16,21)(H,22,23). The molecule has 0 spiro atoms. The van der Waals surface area contributed by atoms with Crippen molar-refractivity contribution in [2.24, 2.45) is 0 Å². The number of amides is 1. The summed E-state index contributed by atoms with van der Waals surface area (Å²) in [7, 11) is 0. The number of nitro groups is 1. The van der Waals surface area contributed by atoms with Gasteiger partial charge in [-0.1, -0.05) is 24.6 Å². The van der Waals surface area contributed by atoms with Gasteiger partial charge in [-0.05, 0) is 19.4 Å². The number of carbonyl (C=O) groups is 2. The third-order valence-corrected chi connectivity index (χ3v) is 3.58. The Kier molecular flexibility index (Phi) is 5.42. The zero-order chi connectivity index (χ0) is 18.6.